The monoisotopic (exact) mass is 248 g/mol. The Kier molecular flexibility index (Phi) is 3.18. The van der Waals surface area contributed by atoms with Crippen molar-refractivity contribution in [3.63, 3.8) is 0 Å². The molecule has 94 valence electrons. The fourth-order valence-corrected chi connectivity index (χ4v) is 1.66. The molecule has 0 aliphatic heterocycles. The lowest BCUT2D eigenvalue weighted by Crippen LogP contribution is -2.04. The maximum atomic E-state index is 11.0. The van der Waals surface area contributed by atoms with Crippen molar-refractivity contribution in [3.05, 3.63) is 36.0 Å². The molecular formula is C12H12N2O4. The van der Waals surface area contributed by atoms with E-state index < -0.39 is 5.97 Å². The topological polar surface area (TPSA) is 73.6 Å². The van der Waals surface area contributed by atoms with Crippen LogP contribution < -0.4 is 9.47 Å². The standard InChI is InChI=1S/C12H12N2O4/c1-17-10-6-4-3-5-9(10)14-11(18-2)8(7-13-14)12(15)16/h3-7H,1-2H3,(H,15,16). The molecule has 0 saturated heterocycles. The summed E-state index contributed by atoms with van der Waals surface area (Å²) in [6.45, 7) is 0. The molecule has 6 heteroatoms. The van der Waals surface area contributed by atoms with E-state index in [-0.39, 0.29) is 11.4 Å². The van der Waals surface area contributed by atoms with Gasteiger partial charge in [-0.2, -0.15) is 9.78 Å². The van der Waals surface area contributed by atoms with Crippen LogP contribution in [0.4, 0.5) is 0 Å². The van der Waals surface area contributed by atoms with Gasteiger partial charge in [-0.25, -0.2) is 4.79 Å². The summed E-state index contributed by atoms with van der Waals surface area (Å²) in [6, 6.07) is 7.15. The predicted octanol–water partition coefficient (Wildman–Crippen LogP) is 1.59. The summed E-state index contributed by atoms with van der Waals surface area (Å²) in [5, 5.41) is 13.0. The molecule has 1 aromatic carbocycles. The number of ether oxygens (including phenoxy) is 2. The number of carboxylic acids is 1. The van der Waals surface area contributed by atoms with Gasteiger partial charge < -0.3 is 14.6 Å². The molecule has 0 atom stereocenters. The van der Waals surface area contributed by atoms with Crippen LogP contribution in [0.1, 0.15) is 10.4 Å². The third kappa shape index (κ3) is 1.88. The van der Waals surface area contributed by atoms with E-state index in [9.17, 15) is 4.79 Å². The molecule has 0 aliphatic rings. The molecule has 0 radical (unpaired) electrons. The molecule has 0 spiro atoms. The number of aromatic nitrogens is 2. The van der Waals surface area contributed by atoms with Gasteiger partial charge in [-0.05, 0) is 12.1 Å². The minimum absolute atomic E-state index is 0.00315. The van der Waals surface area contributed by atoms with E-state index in [1.807, 2.05) is 6.07 Å². The highest BCUT2D eigenvalue weighted by molar-refractivity contribution is 5.90. The van der Waals surface area contributed by atoms with Gasteiger partial charge in [0.05, 0.1) is 20.4 Å². The normalized spacial score (nSPS) is 10.1. The van der Waals surface area contributed by atoms with Crippen molar-refractivity contribution in [1.82, 2.24) is 9.78 Å². The van der Waals surface area contributed by atoms with Crippen molar-refractivity contribution < 1.29 is 19.4 Å². The number of carboxylic acid groups (broad SMARTS) is 1. The van der Waals surface area contributed by atoms with Gasteiger partial charge in [0.25, 0.3) is 0 Å². The third-order valence-corrected chi connectivity index (χ3v) is 2.46. The van der Waals surface area contributed by atoms with Crippen LogP contribution in [-0.4, -0.2) is 35.1 Å². The van der Waals surface area contributed by atoms with E-state index in [1.54, 1.807) is 18.2 Å². The Morgan fingerprint density at radius 1 is 1.28 bits per heavy atom. The second-order valence-corrected chi connectivity index (χ2v) is 3.46. The average Bonchev–Trinajstić information content (AvgIpc) is 2.82. The highest BCUT2D eigenvalue weighted by Crippen LogP contribution is 2.28. The van der Waals surface area contributed by atoms with Crippen LogP contribution in [0.25, 0.3) is 5.69 Å². The Balaban J connectivity index is 2.61. The summed E-state index contributed by atoms with van der Waals surface area (Å²) in [5.74, 6) is -0.351. The second kappa shape index (κ2) is 4.79. The van der Waals surface area contributed by atoms with Crippen LogP contribution in [-0.2, 0) is 0 Å². The lowest BCUT2D eigenvalue weighted by Gasteiger charge is -2.10. The zero-order chi connectivity index (χ0) is 13.1. The Hall–Kier alpha value is -2.50. The molecule has 2 aromatic rings. The van der Waals surface area contributed by atoms with Crippen LogP contribution in [0.5, 0.6) is 11.6 Å². The number of benzene rings is 1. The first-order valence-corrected chi connectivity index (χ1v) is 5.17. The Labute approximate surface area is 103 Å². The number of hydrogen-bond donors (Lipinski definition) is 1. The molecule has 1 aromatic heterocycles. The fourth-order valence-electron chi connectivity index (χ4n) is 1.66. The van der Waals surface area contributed by atoms with E-state index in [4.69, 9.17) is 14.6 Å². The van der Waals surface area contributed by atoms with Gasteiger partial charge >= 0.3 is 5.97 Å². The zero-order valence-electron chi connectivity index (χ0n) is 9.95. The molecule has 6 nitrogen and oxygen atoms in total. The third-order valence-electron chi connectivity index (χ3n) is 2.46. The highest BCUT2D eigenvalue weighted by atomic mass is 16.5. The lowest BCUT2D eigenvalue weighted by atomic mass is 10.3. The fraction of sp³-hybridized carbons (Fsp3) is 0.167. The van der Waals surface area contributed by atoms with Crippen molar-refractivity contribution in [2.24, 2.45) is 0 Å². The molecule has 1 heterocycles. The molecular weight excluding hydrogens is 236 g/mol. The average molecular weight is 248 g/mol. The summed E-state index contributed by atoms with van der Waals surface area (Å²) < 4.78 is 11.7. The smallest absolute Gasteiger partial charge is 0.342 e. The predicted molar refractivity (Wildman–Crippen MR) is 63.6 cm³/mol. The molecule has 1 N–H and O–H groups in total. The summed E-state index contributed by atoms with van der Waals surface area (Å²) in [5.41, 5.74) is 0.618. The van der Waals surface area contributed by atoms with Crippen LogP contribution >= 0.6 is 0 Å². The number of para-hydroxylation sites is 2. The van der Waals surface area contributed by atoms with Gasteiger partial charge in [0.2, 0.25) is 5.88 Å². The van der Waals surface area contributed by atoms with Gasteiger partial charge in [0.15, 0.2) is 0 Å². The van der Waals surface area contributed by atoms with E-state index in [1.165, 1.54) is 25.1 Å². The van der Waals surface area contributed by atoms with E-state index in [0.29, 0.717) is 11.4 Å². The second-order valence-electron chi connectivity index (χ2n) is 3.46. The summed E-state index contributed by atoms with van der Waals surface area (Å²) >= 11 is 0. The van der Waals surface area contributed by atoms with Crippen LogP contribution in [0.15, 0.2) is 30.5 Å². The maximum absolute atomic E-state index is 11.0. The van der Waals surface area contributed by atoms with Crippen molar-refractivity contribution in [1.29, 1.82) is 0 Å². The number of rotatable bonds is 4. The molecule has 0 unspecified atom stereocenters. The molecule has 18 heavy (non-hydrogen) atoms. The largest absolute Gasteiger partial charge is 0.494 e. The van der Waals surface area contributed by atoms with Crippen LogP contribution in [0, 0.1) is 0 Å². The number of aromatic carboxylic acids is 1. The molecule has 0 amide bonds. The van der Waals surface area contributed by atoms with Gasteiger partial charge in [-0.15, -0.1) is 0 Å². The van der Waals surface area contributed by atoms with E-state index >= 15 is 0 Å². The maximum Gasteiger partial charge on any atom is 0.342 e. The summed E-state index contributed by atoms with van der Waals surface area (Å²) in [7, 11) is 2.93. The molecule has 0 fully saturated rings. The van der Waals surface area contributed by atoms with Crippen molar-refractivity contribution >= 4 is 5.97 Å². The van der Waals surface area contributed by atoms with Gasteiger partial charge in [-0.3, -0.25) is 0 Å². The quantitative estimate of drug-likeness (QED) is 0.889. The number of methoxy groups -OCH3 is 2. The highest BCUT2D eigenvalue weighted by Gasteiger charge is 2.20. The molecule has 2 rings (SSSR count). The lowest BCUT2D eigenvalue weighted by molar-refractivity contribution is 0.0693. The first-order valence-electron chi connectivity index (χ1n) is 5.17. The van der Waals surface area contributed by atoms with Gasteiger partial charge in [0, 0.05) is 0 Å². The number of carbonyl (C=O) groups is 1. The van der Waals surface area contributed by atoms with E-state index in [0.717, 1.165) is 0 Å². The molecule has 0 bridgehead atoms. The molecule has 0 saturated carbocycles. The Morgan fingerprint density at radius 3 is 2.61 bits per heavy atom. The van der Waals surface area contributed by atoms with Gasteiger partial charge in [-0.1, -0.05) is 12.1 Å². The van der Waals surface area contributed by atoms with Crippen LogP contribution in [0.3, 0.4) is 0 Å². The minimum atomic E-state index is -1.09. The Bertz CT molecular complexity index is 577. The molecule has 0 aliphatic carbocycles. The van der Waals surface area contributed by atoms with Crippen molar-refractivity contribution in [2.75, 3.05) is 14.2 Å². The number of nitrogens with zero attached hydrogens (tertiary/aromatic N) is 2. The van der Waals surface area contributed by atoms with Crippen molar-refractivity contribution in [2.45, 2.75) is 0 Å². The Morgan fingerprint density at radius 2 is 2.00 bits per heavy atom. The summed E-state index contributed by atoms with van der Waals surface area (Å²) in [4.78, 5) is 11.0. The number of hydrogen-bond acceptors (Lipinski definition) is 4. The summed E-state index contributed by atoms with van der Waals surface area (Å²) in [6.07, 6.45) is 1.24. The minimum Gasteiger partial charge on any atom is -0.494 e. The van der Waals surface area contributed by atoms with Gasteiger partial charge in [0.1, 0.15) is 17.0 Å². The van der Waals surface area contributed by atoms with E-state index in [2.05, 4.69) is 5.10 Å². The zero-order valence-corrected chi connectivity index (χ0v) is 9.95. The first-order chi connectivity index (χ1) is 8.69. The van der Waals surface area contributed by atoms with Crippen LogP contribution in [0.2, 0.25) is 0 Å². The van der Waals surface area contributed by atoms with Crippen molar-refractivity contribution in [3.8, 4) is 17.3 Å². The first kappa shape index (κ1) is 12.0. The SMILES string of the molecule is COc1ccccc1-n1ncc(C(=O)O)c1OC.